The molecule has 7 heteroatoms. The fourth-order valence-corrected chi connectivity index (χ4v) is 1.77. The van der Waals surface area contributed by atoms with Crippen LogP contribution in [-0.4, -0.2) is 33.4 Å². The Kier molecular flexibility index (Phi) is 5.00. The number of rotatable bonds is 7. The number of nitrogen functional groups attached to an aromatic ring is 1. The van der Waals surface area contributed by atoms with Crippen LogP contribution in [0.1, 0.15) is 19.8 Å². The molecule has 0 saturated carbocycles. The number of nitrogens with zero attached hydrogens (tertiary/aromatic N) is 4. The van der Waals surface area contributed by atoms with E-state index in [1.807, 2.05) is 0 Å². The number of tetrazole rings is 1. The van der Waals surface area contributed by atoms with Crippen LogP contribution in [0.3, 0.4) is 0 Å². The van der Waals surface area contributed by atoms with Crippen LogP contribution >= 0.6 is 0 Å². The molecule has 0 saturated heterocycles. The number of halogens is 1. The van der Waals surface area contributed by atoms with Gasteiger partial charge >= 0.3 is 0 Å². The first-order chi connectivity index (χ1) is 9.72. The molecule has 1 aromatic carbocycles. The van der Waals surface area contributed by atoms with Crippen LogP contribution in [0.2, 0.25) is 0 Å². The molecule has 0 atom stereocenters. The molecule has 0 fully saturated rings. The Hall–Kier alpha value is -2.02. The van der Waals surface area contributed by atoms with Gasteiger partial charge in [-0.1, -0.05) is 13.3 Å². The molecule has 0 spiro atoms. The summed E-state index contributed by atoms with van der Waals surface area (Å²) in [6.07, 6.45) is 2.12. The molecule has 0 unspecified atom stereocenters. The summed E-state index contributed by atoms with van der Waals surface area (Å²) < 4.78 is 20.3. The molecule has 0 bridgehead atoms. The van der Waals surface area contributed by atoms with E-state index in [1.54, 1.807) is 4.68 Å². The maximum absolute atomic E-state index is 13.3. The minimum atomic E-state index is -0.372. The van der Waals surface area contributed by atoms with Gasteiger partial charge in [0.05, 0.1) is 13.2 Å². The number of anilines is 1. The maximum atomic E-state index is 13.3. The van der Waals surface area contributed by atoms with Crippen molar-refractivity contribution in [3.8, 4) is 11.4 Å². The van der Waals surface area contributed by atoms with E-state index in [9.17, 15) is 4.39 Å². The number of hydrogen-bond donors (Lipinski definition) is 1. The van der Waals surface area contributed by atoms with Gasteiger partial charge in [-0.2, -0.15) is 0 Å². The molecule has 1 heterocycles. The van der Waals surface area contributed by atoms with Crippen LogP contribution in [0.5, 0.6) is 0 Å². The lowest BCUT2D eigenvalue weighted by molar-refractivity contribution is 0.121. The van der Waals surface area contributed by atoms with E-state index in [0.717, 1.165) is 19.4 Å². The smallest absolute Gasteiger partial charge is 0.184 e. The van der Waals surface area contributed by atoms with Crippen molar-refractivity contribution in [2.75, 3.05) is 18.9 Å². The zero-order valence-electron chi connectivity index (χ0n) is 11.4. The van der Waals surface area contributed by atoms with E-state index in [2.05, 4.69) is 22.4 Å². The van der Waals surface area contributed by atoms with Gasteiger partial charge in [0.2, 0.25) is 0 Å². The molecule has 2 rings (SSSR count). The molecule has 6 nitrogen and oxygen atoms in total. The molecule has 108 valence electrons. The fourth-order valence-electron chi connectivity index (χ4n) is 1.77. The predicted molar refractivity (Wildman–Crippen MR) is 73.4 cm³/mol. The van der Waals surface area contributed by atoms with E-state index in [1.165, 1.54) is 18.2 Å². The van der Waals surface area contributed by atoms with Crippen molar-refractivity contribution < 1.29 is 9.13 Å². The van der Waals surface area contributed by atoms with Crippen molar-refractivity contribution in [1.82, 2.24) is 20.2 Å². The summed E-state index contributed by atoms with van der Waals surface area (Å²) in [7, 11) is 0. The Morgan fingerprint density at radius 3 is 3.00 bits per heavy atom. The van der Waals surface area contributed by atoms with E-state index in [0.29, 0.717) is 30.2 Å². The van der Waals surface area contributed by atoms with E-state index < -0.39 is 0 Å². The summed E-state index contributed by atoms with van der Waals surface area (Å²) in [6.45, 7) is 3.83. The minimum Gasteiger partial charge on any atom is -0.398 e. The van der Waals surface area contributed by atoms with Crippen molar-refractivity contribution in [3.05, 3.63) is 24.0 Å². The van der Waals surface area contributed by atoms with Crippen LogP contribution in [-0.2, 0) is 11.3 Å². The fraction of sp³-hybridized carbons (Fsp3) is 0.462. The zero-order chi connectivity index (χ0) is 14.4. The first-order valence-electron chi connectivity index (χ1n) is 6.61. The van der Waals surface area contributed by atoms with Crippen LogP contribution in [0.15, 0.2) is 18.2 Å². The maximum Gasteiger partial charge on any atom is 0.184 e. The van der Waals surface area contributed by atoms with E-state index in [4.69, 9.17) is 10.5 Å². The summed E-state index contributed by atoms with van der Waals surface area (Å²) in [5.74, 6) is 0.0732. The quantitative estimate of drug-likeness (QED) is 0.618. The molecule has 0 aliphatic heterocycles. The topological polar surface area (TPSA) is 78.8 Å². The van der Waals surface area contributed by atoms with Crippen molar-refractivity contribution in [1.29, 1.82) is 0 Å². The molecule has 0 aliphatic rings. The molecular formula is C13H18FN5O. The van der Waals surface area contributed by atoms with Gasteiger partial charge in [-0.25, -0.2) is 9.07 Å². The lowest BCUT2D eigenvalue weighted by Gasteiger charge is -2.07. The Morgan fingerprint density at radius 2 is 2.20 bits per heavy atom. The monoisotopic (exact) mass is 279 g/mol. The number of nitrogens with two attached hydrogens (primary N) is 1. The van der Waals surface area contributed by atoms with Crippen molar-refractivity contribution in [3.63, 3.8) is 0 Å². The Morgan fingerprint density at radius 1 is 1.35 bits per heavy atom. The van der Waals surface area contributed by atoms with Gasteiger partial charge in [-0.3, -0.25) is 0 Å². The first kappa shape index (κ1) is 14.4. The lowest BCUT2D eigenvalue weighted by Crippen LogP contribution is -2.10. The minimum absolute atomic E-state index is 0.372. The van der Waals surface area contributed by atoms with Crippen molar-refractivity contribution >= 4 is 5.69 Å². The highest BCUT2D eigenvalue weighted by Crippen LogP contribution is 2.24. The highest BCUT2D eigenvalue weighted by molar-refractivity contribution is 5.71. The van der Waals surface area contributed by atoms with Crippen LogP contribution < -0.4 is 5.73 Å². The molecule has 2 aromatic rings. The van der Waals surface area contributed by atoms with Crippen LogP contribution in [0.25, 0.3) is 11.4 Å². The lowest BCUT2D eigenvalue weighted by atomic mass is 10.1. The highest BCUT2D eigenvalue weighted by Gasteiger charge is 2.12. The molecular weight excluding hydrogens is 261 g/mol. The molecule has 2 N–H and O–H groups in total. The summed E-state index contributed by atoms with van der Waals surface area (Å²) in [6, 6.07) is 4.14. The van der Waals surface area contributed by atoms with Gasteiger partial charge in [-0.15, -0.1) is 5.10 Å². The first-order valence-corrected chi connectivity index (χ1v) is 6.61. The summed E-state index contributed by atoms with van der Waals surface area (Å²) >= 11 is 0. The van der Waals surface area contributed by atoms with Crippen molar-refractivity contribution in [2.24, 2.45) is 0 Å². The largest absolute Gasteiger partial charge is 0.398 e. The van der Waals surface area contributed by atoms with E-state index in [-0.39, 0.29) is 5.82 Å². The second-order valence-corrected chi connectivity index (χ2v) is 4.42. The number of hydrogen-bond acceptors (Lipinski definition) is 5. The normalized spacial score (nSPS) is 10.9. The van der Waals surface area contributed by atoms with Gasteiger partial charge in [0, 0.05) is 17.9 Å². The van der Waals surface area contributed by atoms with Gasteiger partial charge in [0.15, 0.2) is 5.82 Å². The van der Waals surface area contributed by atoms with Gasteiger partial charge in [0.25, 0.3) is 0 Å². The van der Waals surface area contributed by atoms with Crippen LogP contribution in [0, 0.1) is 5.82 Å². The highest BCUT2D eigenvalue weighted by atomic mass is 19.1. The van der Waals surface area contributed by atoms with Crippen molar-refractivity contribution in [2.45, 2.75) is 26.3 Å². The Balaban J connectivity index is 2.06. The number of aromatic nitrogens is 4. The Bertz CT molecular complexity index is 557. The predicted octanol–water partition coefficient (Wildman–Crippen LogP) is 1.88. The summed E-state index contributed by atoms with van der Waals surface area (Å²) in [4.78, 5) is 0. The third-order valence-electron chi connectivity index (χ3n) is 2.88. The van der Waals surface area contributed by atoms with Gasteiger partial charge in [0.1, 0.15) is 5.82 Å². The second-order valence-electron chi connectivity index (χ2n) is 4.42. The standard InChI is InChI=1S/C13H18FN5O/c1-2-3-7-20-8-6-19-13(16-17-18-19)11-9-10(14)4-5-12(11)15/h4-5,9H,2-3,6-8,15H2,1H3. The van der Waals surface area contributed by atoms with Gasteiger partial charge in [-0.05, 0) is 35.0 Å². The van der Waals surface area contributed by atoms with E-state index >= 15 is 0 Å². The average molecular weight is 279 g/mol. The molecule has 1 aromatic heterocycles. The number of unbranched alkanes of at least 4 members (excludes halogenated alkanes) is 1. The van der Waals surface area contributed by atoms with Gasteiger partial charge < -0.3 is 10.5 Å². The SMILES string of the molecule is CCCCOCCn1nnnc1-c1cc(F)ccc1N. The average Bonchev–Trinajstić information content (AvgIpc) is 2.89. The summed E-state index contributed by atoms with van der Waals surface area (Å²) in [5.41, 5.74) is 6.77. The molecule has 0 aliphatic carbocycles. The van der Waals surface area contributed by atoms with Crippen LogP contribution in [0.4, 0.5) is 10.1 Å². The zero-order valence-corrected chi connectivity index (χ0v) is 11.4. The third kappa shape index (κ3) is 3.51. The number of ether oxygens (including phenoxy) is 1. The molecule has 0 amide bonds. The number of benzene rings is 1. The Labute approximate surface area is 116 Å². The second kappa shape index (κ2) is 6.95. The molecule has 0 radical (unpaired) electrons. The third-order valence-corrected chi connectivity index (χ3v) is 2.88. The summed E-state index contributed by atoms with van der Waals surface area (Å²) in [5, 5.41) is 11.4. The molecule has 20 heavy (non-hydrogen) atoms.